The summed E-state index contributed by atoms with van der Waals surface area (Å²) in [7, 11) is 0. The number of rotatable bonds is 6. The maximum atomic E-state index is 6.16. The van der Waals surface area contributed by atoms with E-state index < -0.39 is 0 Å². The van der Waals surface area contributed by atoms with E-state index in [1.807, 2.05) is 13.0 Å². The number of halogens is 1. The van der Waals surface area contributed by atoms with Crippen LogP contribution >= 0.6 is 11.6 Å². The van der Waals surface area contributed by atoms with Crippen LogP contribution in [0.25, 0.3) is 0 Å². The number of terminal acetylenes is 1. The van der Waals surface area contributed by atoms with E-state index in [0.717, 1.165) is 36.4 Å². The fourth-order valence-corrected chi connectivity index (χ4v) is 1.95. The topological polar surface area (TPSA) is 12.0 Å². The average Bonchev–Trinajstić information content (AvgIpc) is 2.33. The number of aryl methyl sites for hydroxylation is 1. The highest BCUT2D eigenvalue weighted by Gasteiger charge is 2.10. The minimum absolute atomic E-state index is 0.309. The quantitative estimate of drug-likeness (QED) is 0.749. The third kappa shape index (κ3) is 4.42. The summed E-state index contributed by atoms with van der Waals surface area (Å²) in [6.45, 7) is 5.18. The Balaban J connectivity index is 2.80. The van der Waals surface area contributed by atoms with Crippen LogP contribution in [0.5, 0.6) is 0 Å². The molecule has 0 aliphatic rings. The molecule has 0 heterocycles. The summed E-state index contributed by atoms with van der Waals surface area (Å²) in [5.41, 5.74) is 2.34. The molecule has 2 heteroatoms. The van der Waals surface area contributed by atoms with Crippen LogP contribution in [0.1, 0.15) is 43.4 Å². The lowest BCUT2D eigenvalue weighted by Crippen LogP contribution is -2.22. The van der Waals surface area contributed by atoms with Crippen LogP contribution < -0.4 is 5.32 Å². The zero-order valence-electron chi connectivity index (χ0n) is 10.6. The number of hydrogen-bond donors (Lipinski definition) is 1. The predicted molar refractivity (Wildman–Crippen MR) is 75.3 cm³/mol. The number of hydrogen-bond acceptors (Lipinski definition) is 1. The summed E-state index contributed by atoms with van der Waals surface area (Å²) in [6, 6.07) is 6.55. The Labute approximate surface area is 110 Å². The van der Waals surface area contributed by atoms with E-state index in [0.29, 0.717) is 6.04 Å². The van der Waals surface area contributed by atoms with Gasteiger partial charge in [-0.2, -0.15) is 0 Å². The van der Waals surface area contributed by atoms with Gasteiger partial charge >= 0.3 is 0 Å². The molecular weight excluding hydrogens is 230 g/mol. The van der Waals surface area contributed by atoms with Crippen molar-refractivity contribution in [3.63, 3.8) is 0 Å². The monoisotopic (exact) mass is 249 g/mol. The summed E-state index contributed by atoms with van der Waals surface area (Å²) >= 11 is 6.16. The normalized spacial score (nSPS) is 12.1. The summed E-state index contributed by atoms with van der Waals surface area (Å²) in [4.78, 5) is 0. The van der Waals surface area contributed by atoms with Gasteiger partial charge in [-0.25, -0.2) is 0 Å². The molecule has 92 valence electrons. The third-order valence-electron chi connectivity index (χ3n) is 2.82. The molecule has 0 bridgehead atoms. The van der Waals surface area contributed by atoms with Gasteiger partial charge in [0.05, 0.1) is 0 Å². The molecular formula is C15H20ClN. The lowest BCUT2D eigenvalue weighted by Gasteiger charge is -2.18. The van der Waals surface area contributed by atoms with E-state index in [1.54, 1.807) is 0 Å². The molecule has 0 saturated heterocycles. The van der Waals surface area contributed by atoms with Crippen LogP contribution in [0.4, 0.5) is 0 Å². The fraction of sp³-hybridized carbons (Fsp3) is 0.467. The molecule has 0 aliphatic carbocycles. The number of nitrogens with one attached hydrogen (secondary N) is 1. The SMILES string of the molecule is C#CCCC(NCCC)c1ccc(C)c(Cl)c1. The number of benzene rings is 1. The first-order valence-electron chi connectivity index (χ1n) is 6.12. The molecule has 17 heavy (non-hydrogen) atoms. The van der Waals surface area contributed by atoms with Crippen molar-refractivity contribution in [3.8, 4) is 12.3 Å². The highest BCUT2D eigenvalue weighted by Crippen LogP contribution is 2.24. The second-order valence-corrected chi connectivity index (χ2v) is 4.67. The molecule has 1 aromatic carbocycles. The van der Waals surface area contributed by atoms with E-state index >= 15 is 0 Å². The van der Waals surface area contributed by atoms with Crippen LogP contribution in [0, 0.1) is 19.3 Å². The van der Waals surface area contributed by atoms with Crippen LogP contribution in [0.3, 0.4) is 0 Å². The van der Waals surface area contributed by atoms with Gasteiger partial charge in [0.15, 0.2) is 0 Å². The van der Waals surface area contributed by atoms with Gasteiger partial charge in [-0.15, -0.1) is 12.3 Å². The van der Waals surface area contributed by atoms with Crippen LogP contribution in [-0.2, 0) is 0 Å². The second kappa shape index (κ2) is 7.37. The van der Waals surface area contributed by atoms with Crippen molar-refractivity contribution in [2.75, 3.05) is 6.54 Å². The van der Waals surface area contributed by atoms with Crippen molar-refractivity contribution >= 4 is 11.6 Å². The average molecular weight is 250 g/mol. The largest absolute Gasteiger partial charge is 0.310 e. The first-order chi connectivity index (χ1) is 8.19. The first kappa shape index (κ1) is 14.1. The van der Waals surface area contributed by atoms with Crippen molar-refractivity contribution < 1.29 is 0 Å². The van der Waals surface area contributed by atoms with Gasteiger partial charge in [-0.1, -0.05) is 30.7 Å². The standard InChI is InChI=1S/C15H20ClN/c1-4-6-7-15(17-10-5-2)13-9-8-12(3)14(16)11-13/h1,8-9,11,15,17H,5-7,10H2,2-3H3. The second-order valence-electron chi connectivity index (χ2n) is 4.26. The minimum atomic E-state index is 0.309. The molecule has 0 saturated carbocycles. The summed E-state index contributed by atoms with van der Waals surface area (Å²) < 4.78 is 0. The Morgan fingerprint density at radius 3 is 2.82 bits per heavy atom. The zero-order valence-corrected chi connectivity index (χ0v) is 11.3. The lowest BCUT2D eigenvalue weighted by atomic mass is 10.0. The van der Waals surface area contributed by atoms with E-state index in [2.05, 4.69) is 30.3 Å². The molecule has 0 fully saturated rings. The van der Waals surface area contributed by atoms with Gasteiger partial charge in [0.25, 0.3) is 0 Å². The lowest BCUT2D eigenvalue weighted by molar-refractivity contribution is 0.505. The molecule has 0 aromatic heterocycles. The van der Waals surface area contributed by atoms with Crippen LogP contribution in [0.15, 0.2) is 18.2 Å². The third-order valence-corrected chi connectivity index (χ3v) is 3.22. The van der Waals surface area contributed by atoms with Crippen molar-refractivity contribution in [2.45, 2.75) is 39.2 Å². The van der Waals surface area contributed by atoms with Crippen LogP contribution in [-0.4, -0.2) is 6.54 Å². The highest BCUT2D eigenvalue weighted by atomic mass is 35.5. The van der Waals surface area contributed by atoms with E-state index in [-0.39, 0.29) is 0 Å². The summed E-state index contributed by atoms with van der Waals surface area (Å²) in [5, 5.41) is 4.34. The predicted octanol–water partition coefficient (Wildman–Crippen LogP) is 4.10. The molecule has 1 N–H and O–H groups in total. The van der Waals surface area contributed by atoms with Gasteiger partial charge in [0.1, 0.15) is 0 Å². The smallest absolute Gasteiger partial charge is 0.0438 e. The van der Waals surface area contributed by atoms with Crippen LogP contribution in [0.2, 0.25) is 5.02 Å². The summed E-state index contributed by atoms with van der Waals surface area (Å²) in [5.74, 6) is 2.70. The molecule has 1 rings (SSSR count). The molecule has 0 radical (unpaired) electrons. The van der Waals surface area contributed by atoms with Gasteiger partial charge in [-0.05, 0) is 43.5 Å². The van der Waals surface area contributed by atoms with Crippen molar-refractivity contribution in [3.05, 3.63) is 34.3 Å². The first-order valence-corrected chi connectivity index (χ1v) is 6.49. The fourth-order valence-electron chi connectivity index (χ4n) is 1.76. The molecule has 1 aromatic rings. The van der Waals surface area contributed by atoms with Gasteiger partial charge in [-0.3, -0.25) is 0 Å². The Hall–Kier alpha value is -0.970. The molecule has 1 nitrogen and oxygen atoms in total. The highest BCUT2D eigenvalue weighted by molar-refractivity contribution is 6.31. The van der Waals surface area contributed by atoms with Gasteiger partial charge in [0.2, 0.25) is 0 Å². The van der Waals surface area contributed by atoms with E-state index in [9.17, 15) is 0 Å². The maximum Gasteiger partial charge on any atom is 0.0438 e. The van der Waals surface area contributed by atoms with Crippen molar-refractivity contribution in [1.82, 2.24) is 5.32 Å². The molecule has 0 spiro atoms. The van der Waals surface area contributed by atoms with E-state index in [4.69, 9.17) is 18.0 Å². The Bertz CT molecular complexity index is 392. The maximum absolute atomic E-state index is 6.16. The van der Waals surface area contributed by atoms with Crippen molar-refractivity contribution in [2.24, 2.45) is 0 Å². The Morgan fingerprint density at radius 2 is 2.24 bits per heavy atom. The van der Waals surface area contributed by atoms with Gasteiger partial charge in [0, 0.05) is 17.5 Å². The minimum Gasteiger partial charge on any atom is -0.310 e. The Kier molecular flexibility index (Phi) is 6.11. The van der Waals surface area contributed by atoms with Gasteiger partial charge < -0.3 is 5.32 Å². The zero-order chi connectivity index (χ0) is 12.7. The van der Waals surface area contributed by atoms with Crippen molar-refractivity contribution in [1.29, 1.82) is 0 Å². The molecule has 1 atom stereocenters. The molecule has 0 amide bonds. The summed E-state index contributed by atoms with van der Waals surface area (Å²) in [6.07, 6.45) is 8.19. The molecule has 0 aliphatic heterocycles. The Morgan fingerprint density at radius 1 is 1.47 bits per heavy atom. The van der Waals surface area contributed by atoms with E-state index in [1.165, 1.54) is 5.56 Å². The molecule has 1 unspecified atom stereocenters.